The van der Waals surface area contributed by atoms with Gasteiger partial charge < -0.3 is 16.2 Å². The number of hydrogen-bond acceptors (Lipinski definition) is 3. The lowest BCUT2D eigenvalue weighted by atomic mass is 10.2. The molecule has 4 N–H and O–H groups in total. The first-order valence-corrected chi connectivity index (χ1v) is 4.42. The van der Waals surface area contributed by atoms with Crippen molar-refractivity contribution in [3.05, 3.63) is 0 Å². The Hall–Kier alpha value is -0.770. The summed E-state index contributed by atoms with van der Waals surface area (Å²) in [4.78, 5) is 11.0. The van der Waals surface area contributed by atoms with Gasteiger partial charge in [0.15, 0.2) is 0 Å². The zero-order valence-electron chi connectivity index (χ0n) is 9.14. The molecule has 13 heavy (non-hydrogen) atoms. The van der Waals surface area contributed by atoms with E-state index in [0.29, 0.717) is 6.54 Å². The normalized spacial score (nSPS) is 10.2. The molecule has 0 aromatic carbocycles. The van der Waals surface area contributed by atoms with E-state index in [1.165, 1.54) is 0 Å². The Labute approximate surface area is 80.6 Å². The van der Waals surface area contributed by atoms with Crippen molar-refractivity contribution in [2.45, 2.75) is 46.1 Å². The predicted molar refractivity (Wildman–Crippen MR) is 54.2 cm³/mol. The molecule has 0 aliphatic heterocycles. The molecular formula is C9H22N2O2. The van der Waals surface area contributed by atoms with Crippen LogP contribution >= 0.6 is 0 Å². The van der Waals surface area contributed by atoms with Gasteiger partial charge in [-0.25, -0.2) is 4.79 Å². The monoisotopic (exact) mass is 190 g/mol. The second-order valence-corrected chi connectivity index (χ2v) is 3.78. The average Bonchev–Trinajstić information content (AvgIpc) is 1.84. The van der Waals surface area contributed by atoms with Crippen LogP contribution in [0.1, 0.15) is 40.5 Å². The summed E-state index contributed by atoms with van der Waals surface area (Å²) in [6.45, 7) is 8.34. The minimum atomic E-state index is -0.393. The summed E-state index contributed by atoms with van der Waals surface area (Å²) >= 11 is 0. The van der Waals surface area contributed by atoms with E-state index in [1.807, 2.05) is 20.8 Å². The number of unbranched alkanes of at least 4 members (excludes halogenated alkanes) is 1. The summed E-state index contributed by atoms with van der Waals surface area (Å²) in [7, 11) is 0. The van der Waals surface area contributed by atoms with Crippen molar-refractivity contribution in [3.63, 3.8) is 0 Å². The number of ether oxygens (including phenoxy) is 1. The fourth-order valence-electron chi connectivity index (χ4n) is 0.681. The largest absolute Gasteiger partial charge is 0.444 e. The van der Waals surface area contributed by atoms with E-state index in [9.17, 15) is 4.79 Å². The summed E-state index contributed by atoms with van der Waals surface area (Å²) in [6, 6.07) is 0. The van der Waals surface area contributed by atoms with Crippen molar-refractivity contribution in [1.29, 1.82) is 0 Å². The SMILES string of the molecule is CCCCNC(=O)OC(C)(C)C.N. The summed E-state index contributed by atoms with van der Waals surface area (Å²) in [5.41, 5.74) is -0.393. The van der Waals surface area contributed by atoms with Crippen LogP contribution in [0.15, 0.2) is 0 Å². The van der Waals surface area contributed by atoms with Gasteiger partial charge in [0.25, 0.3) is 0 Å². The highest BCUT2D eigenvalue weighted by Crippen LogP contribution is 2.06. The van der Waals surface area contributed by atoms with Gasteiger partial charge in [0.2, 0.25) is 0 Å². The highest BCUT2D eigenvalue weighted by atomic mass is 16.6. The first-order chi connectivity index (χ1) is 5.45. The van der Waals surface area contributed by atoms with E-state index in [2.05, 4.69) is 12.2 Å². The van der Waals surface area contributed by atoms with E-state index >= 15 is 0 Å². The molecule has 4 heteroatoms. The van der Waals surface area contributed by atoms with Crippen LogP contribution in [0.4, 0.5) is 4.79 Å². The standard InChI is InChI=1S/C9H19NO2.H3N/c1-5-6-7-10-8(11)12-9(2,3)4;/h5-7H2,1-4H3,(H,10,11);1H3. The predicted octanol–water partition coefficient (Wildman–Crippen LogP) is 2.47. The maximum Gasteiger partial charge on any atom is 0.407 e. The molecule has 0 rings (SSSR count). The topological polar surface area (TPSA) is 73.3 Å². The molecule has 0 aromatic rings. The molecule has 0 atom stereocenters. The molecule has 4 nitrogen and oxygen atoms in total. The van der Waals surface area contributed by atoms with Crippen LogP contribution in [0, 0.1) is 0 Å². The summed E-state index contributed by atoms with van der Waals surface area (Å²) in [5.74, 6) is 0. The van der Waals surface area contributed by atoms with Gasteiger partial charge >= 0.3 is 6.09 Å². The van der Waals surface area contributed by atoms with Crippen LogP contribution in [0.2, 0.25) is 0 Å². The van der Waals surface area contributed by atoms with Crippen molar-refractivity contribution in [2.24, 2.45) is 0 Å². The molecule has 0 aliphatic carbocycles. The molecule has 0 saturated heterocycles. The second kappa shape index (κ2) is 6.71. The molecule has 1 amide bonds. The molecule has 0 saturated carbocycles. The lowest BCUT2D eigenvalue weighted by Gasteiger charge is -2.19. The molecule has 80 valence electrons. The minimum absolute atomic E-state index is 0. The van der Waals surface area contributed by atoms with Gasteiger partial charge in [-0.15, -0.1) is 0 Å². The van der Waals surface area contributed by atoms with E-state index < -0.39 is 5.60 Å². The Morgan fingerprint density at radius 1 is 1.38 bits per heavy atom. The van der Waals surface area contributed by atoms with Gasteiger partial charge in [0, 0.05) is 6.54 Å². The number of alkyl carbamates (subject to hydrolysis) is 1. The lowest BCUT2D eigenvalue weighted by Crippen LogP contribution is -2.32. The Morgan fingerprint density at radius 3 is 2.31 bits per heavy atom. The van der Waals surface area contributed by atoms with Crippen molar-refractivity contribution >= 4 is 6.09 Å². The maximum absolute atomic E-state index is 11.0. The van der Waals surface area contributed by atoms with Gasteiger partial charge in [-0.2, -0.15) is 0 Å². The van der Waals surface area contributed by atoms with Crippen LogP contribution < -0.4 is 11.5 Å². The van der Waals surface area contributed by atoms with Crippen molar-refractivity contribution in [1.82, 2.24) is 11.5 Å². The molecule has 0 heterocycles. The van der Waals surface area contributed by atoms with Gasteiger partial charge in [-0.1, -0.05) is 13.3 Å². The average molecular weight is 190 g/mol. The van der Waals surface area contributed by atoms with Crippen molar-refractivity contribution in [3.8, 4) is 0 Å². The van der Waals surface area contributed by atoms with E-state index in [-0.39, 0.29) is 12.2 Å². The van der Waals surface area contributed by atoms with Crippen LogP contribution in [0.5, 0.6) is 0 Å². The van der Waals surface area contributed by atoms with E-state index in [0.717, 1.165) is 12.8 Å². The number of carbonyl (C=O) groups is 1. The Bertz CT molecular complexity index is 141. The number of carbonyl (C=O) groups excluding carboxylic acids is 1. The van der Waals surface area contributed by atoms with Crippen molar-refractivity contribution in [2.75, 3.05) is 6.54 Å². The highest BCUT2D eigenvalue weighted by Gasteiger charge is 2.14. The number of hydrogen-bond donors (Lipinski definition) is 2. The molecule has 0 bridgehead atoms. The minimum Gasteiger partial charge on any atom is -0.444 e. The van der Waals surface area contributed by atoms with Crippen LogP contribution in [0.3, 0.4) is 0 Å². The quantitative estimate of drug-likeness (QED) is 0.671. The van der Waals surface area contributed by atoms with Gasteiger partial charge in [-0.05, 0) is 27.2 Å². The third kappa shape index (κ3) is 11.2. The number of rotatable bonds is 3. The molecule has 0 aliphatic rings. The number of amides is 1. The molecule has 0 fully saturated rings. The molecule has 0 spiro atoms. The van der Waals surface area contributed by atoms with Gasteiger partial charge in [0.1, 0.15) is 5.60 Å². The third-order valence-electron chi connectivity index (χ3n) is 1.20. The van der Waals surface area contributed by atoms with Crippen LogP contribution in [-0.4, -0.2) is 18.2 Å². The highest BCUT2D eigenvalue weighted by molar-refractivity contribution is 5.67. The van der Waals surface area contributed by atoms with Crippen LogP contribution in [-0.2, 0) is 4.74 Å². The second-order valence-electron chi connectivity index (χ2n) is 3.78. The molecule has 0 radical (unpaired) electrons. The molecule has 0 aromatic heterocycles. The first-order valence-electron chi connectivity index (χ1n) is 4.42. The third-order valence-corrected chi connectivity index (χ3v) is 1.20. The smallest absolute Gasteiger partial charge is 0.407 e. The maximum atomic E-state index is 11.0. The summed E-state index contributed by atoms with van der Waals surface area (Å²) in [6.07, 6.45) is 1.76. The zero-order valence-corrected chi connectivity index (χ0v) is 9.14. The zero-order chi connectivity index (χ0) is 9.61. The van der Waals surface area contributed by atoms with E-state index in [4.69, 9.17) is 4.74 Å². The van der Waals surface area contributed by atoms with Crippen LogP contribution in [0.25, 0.3) is 0 Å². The lowest BCUT2D eigenvalue weighted by molar-refractivity contribution is 0.0527. The Kier molecular flexibility index (Phi) is 7.61. The fraction of sp³-hybridized carbons (Fsp3) is 0.889. The van der Waals surface area contributed by atoms with Gasteiger partial charge in [-0.3, -0.25) is 0 Å². The fourth-order valence-corrected chi connectivity index (χ4v) is 0.681. The summed E-state index contributed by atoms with van der Waals surface area (Å²) < 4.78 is 5.03. The Balaban J connectivity index is 0. The molecule has 0 unspecified atom stereocenters. The van der Waals surface area contributed by atoms with E-state index in [1.54, 1.807) is 0 Å². The summed E-state index contributed by atoms with van der Waals surface area (Å²) in [5, 5.41) is 2.68. The first kappa shape index (κ1) is 14.7. The number of nitrogens with one attached hydrogen (secondary N) is 1. The van der Waals surface area contributed by atoms with Gasteiger partial charge in [0.05, 0.1) is 0 Å². The Morgan fingerprint density at radius 2 is 1.92 bits per heavy atom. The molecular weight excluding hydrogens is 168 g/mol. The van der Waals surface area contributed by atoms with Crippen molar-refractivity contribution < 1.29 is 9.53 Å².